The van der Waals surface area contributed by atoms with Crippen molar-refractivity contribution in [2.24, 2.45) is 17.3 Å². The highest BCUT2D eigenvalue weighted by Gasteiger charge is 2.61. The van der Waals surface area contributed by atoms with Crippen molar-refractivity contribution >= 4 is 0 Å². The van der Waals surface area contributed by atoms with Gasteiger partial charge in [-0.25, -0.2) is 4.39 Å². The number of hydrogen-bond acceptors (Lipinski definition) is 4. The number of ether oxygens (including phenoxy) is 2. The second-order valence-corrected chi connectivity index (χ2v) is 9.95. The molecule has 3 aliphatic carbocycles. The van der Waals surface area contributed by atoms with E-state index in [-0.39, 0.29) is 17.8 Å². The van der Waals surface area contributed by atoms with E-state index in [9.17, 15) is 9.50 Å². The van der Waals surface area contributed by atoms with E-state index in [0.717, 1.165) is 57.8 Å². The summed E-state index contributed by atoms with van der Waals surface area (Å²) in [5.41, 5.74) is 1.70. The number of fused-ring (bicyclic) bond motifs is 5. The Labute approximate surface area is 179 Å². The Hall–Kier alpha value is -1.17. The standard InChI is InChI=1S/C25H37FO4/c1-24-10-7-18-19(21(24)8-11-25(24,28)9-3-4-12-27)6-5-17-15-23(30-14-13-29-2)22(26)16-20(17)18/h15-16,18-19,21,27-28H,3-14H2,1-2H3/t18-,19+,21-,24-,25-/m0/s1. The van der Waals surface area contributed by atoms with Gasteiger partial charge in [0, 0.05) is 13.7 Å². The number of methoxy groups -OCH3 is 1. The molecule has 2 saturated carbocycles. The zero-order chi connectivity index (χ0) is 21.4. The number of aliphatic hydroxyl groups is 2. The molecule has 0 saturated heterocycles. The first-order valence-electron chi connectivity index (χ1n) is 11.7. The van der Waals surface area contributed by atoms with E-state index in [1.54, 1.807) is 13.2 Å². The van der Waals surface area contributed by atoms with Gasteiger partial charge in [0.2, 0.25) is 0 Å². The van der Waals surface area contributed by atoms with Crippen LogP contribution in [-0.2, 0) is 11.2 Å². The molecular formula is C25H37FO4. The Kier molecular flexibility index (Phi) is 6.43. The zero-order valence-electron chi connectivity index (χ0n) is 18.5. The molecule has 0 heterocycles. The minimum absolute atomic E-state index is 0.0666. The minimum atomic E-state index is -0.623. The van der Waals surface area contributed by atoms with Crippen LogP contribution in [0.3, 0.4) is 0 Å². The predicted octanol–water partition coefficient (Wildman–Crippen LogP) is 4.60. The second-order valence-electron chi connectivity index (χ2n) is 9.95. The van der Waals surface area contributed by atoms with Crippen molar-refractivity contribution in [1.82, 2.24) is 0 Å². The number of halogens is 1. The predicted molar refractivity (Wildman–Crippen MR) is 114 cm³/mol. The molecule has 30 heavy (non-hydrogen) atoms. The quantitative estimate of drug-likeness (QED) is 0.604. The monoisotopic (exact) mass is 420 g/mol. The van der Waals surface area contributed by atoms with Crippen molar-refractivity contribution < 1.29 is 24.1 Å². The summed E-state index contributed by atoms with van der Waals surface area (Å²) in [4.78, 5) is 0. The SMILES string of the molecule is COCCOc1cc2c(cc1F)[C@H]1CC[C@@]3(C)[C@@H](CC[C@@]3(O)CCCCO)[C@@H]1CC2. The first-order valence-corrected chi connectivity index (χ1v) is 11.7. The van der Waals surface area contributed by atoms with Crippen LogP contribution in [0.4, 0.5) is 4.39 Å². The highest BCUT2D eigenvalue weighted by Crippen LogP contribution is 2.65. The molecule has 0 aromatic heterocycles. The maximum absolute atomic E-state index is 14.8. The third-order valence-corrected chi connectivity index (χ3v) is 8.64. The topological polar surface area (TPSA) is 58.9 Å². The highest BCUT2D eigenvalue weighted by molar-refractivity contribution is 5.42. The largest absolute Gasteiger partial charge is 0.488 e. The Balaban J connectivity index is 1.53. The fraction of sp³-hybridized carbons (Fsp3) is 0.760. The molecule has 3 aliphatic rings. The Morgan fingerprint density at radius 3 is 2.73 bits per heavy atom. The Morgan fingerprint density at radius 1 is 1.13 bits per heavy atom. The molecule has 0 spiro atoms. The van der Waals surface area contributed by atoms with E-state index in [1.165, 1.54) is 11.1 Å². The van der Waals surface area contributed by atoms with Gasteiger partial charge < -0.3 is 19.7 Å². The van der Waals surface area contributed by atoms with Crippen molar-refractivity contribution in [3.63, 3.8) is 0 Å². The maximum Gasteiger partial charge on any atom is 0.165 e. The van der Waals surface area contributed by atoms with Crippen LogP contribution in [0.5, 0.6) is 5.75 Å². The van der Waals surface area contributed by atoms with Crippen LogP contribution in [-0.4, -0.2) is 42.7 Å². The van der Waals surface area contributed by atoms with Crippen LogP contribution in [0, 0.1) is 23.1 Å². The molecule has 0 unspecified atom stereocenters. The summed E-state index contributed by atoms with van der Waals surface area (Å²) in [5.74, 6) is 1.45. The Bertz CT molecular complexity index is 753. The fourth-order valence-electron chi connectivity index (χ4n) is 6.97. The molecule has 1 aromatic carbocycles. The molecule has 0 aliphatic heterocycles. The summed E-state index contributed by atoms with van der Waals surface area (Å²) in [6.45, 7) is 3.29. The van der Waals surface area contributed by atoms with Gasteiger partial charge in [-0.05, 0) is 104 Å². The molecule has 168 valence electrons. The van der Waals surface area contributed by atoms with Crippen LogP contribution in [0.1, 0.15) is 75.3 Å². The summed E-state index contributed by atoms with van der Waals surface area (Å²) in [5, 5.41) is 20.7. The molecule has 5 heteroatoms. The van der Waals surface area contributed by atoms with E-state index >= 15 is 0 Å². The van der Waals surface area contributed by atoms with Gasteiger partial charge >= 0.3 is 0 Å². The van der Waals surface area contributed by atoms with Crippen molar-refractivity contribution in [1.29, 1.82) is 0 Å². The van der Waals surface area contributed by atoms with Crippen LogP contribution >= 0.6 is 0 Å². The number of benzene rings is 1. The normalized spacial score (nSPS) is 34.9. The summed E-state index contributed by atoms with van der Waals surface area (Å²) in [6, 6.07) is 3.63. The minimum Gasteiger partial charge on any atom is -0.488 e. The van der Waals surface area contributed by atoms with E-state index in [4.69, 9.17) is 14.6 Å². The lowest BCUT2D eigenvalue weighted by Gasteiger charge is -2.53. The average molecular weight is 421 g/mol. The van der Waals surface area contributed by atoms with Crippen molar-refractivity contribution in [3.05, 3.63) is 29.1 Å². The lowest BCUT2D eigenvalue weighted by atomic mass is 9.53. The number of aryl methyl sites for hydroxylation is 1. The van der Waals surface area contributed by atoms with Gasteiger partial charge in [0.1, 0.15) is 6.61 Å². The van der Waals surface area contributed by atoms with Crippen LogP contribution in [0.2, 0.25) is 0 Å². The highest BCUT2D eigenvalue weighted by atomic mass is 19.1. The third-order valence-electron chi connectivity index (χ3n) is 8.64. The average Bonchev–Trinajstić information content (AvgIpc) is 3.00. The molecule has 0 radical (unpaired) electrons. The van der Waals surface area contributed by atoms with Crippen molar-refractivity contribution in [2.45, 2.75) is 76.2 Å². The number of rotatable bonds is 8. The van der Waals surface area contributed by atoms with Crippen LogP contribution in [0.25, 0.3) is 0 Å². The second kappa shape index (κ2) is 8.76. The van der Waals surface area contributed by atoms with E-state index < -0.39 is 5.60 Å². The van der Waals surface area contributed by atoms with Gasteiger partial charge in [-0.15, -0.1) is 0 Å². The van der Waals surface area contributed by atoms with E-state index in [1.807, 2.05) is 6.07 Å². The number of unbranched alkanes of at least 4 members (excludes halogenated alkanes) is 1. The van der Waals surface area contributed by atoms with Gasteiger partial charge in [0.25, 0.3) is 0 Å². The summed E-state index contributed by atoms with van der Waals surface area (Å²) >= 11 is 0. The molecule has 2 fully saturated rings. The molecule has 2 N–H and O–H groups in total. The molecule has 0 bridgehead atoms. The van der Waals surface area contributed by atoms with Crippen molar-refractivity contribution in [2.75, 3.05) is 26.9 Å². The molecule has 4 nitrogen and oxygen atoms in total. The van der Waals surface area contributed by atoms with Crippen LogP contribution in [0.15, 0.2) is 12.1 Å². The summed E-state index contributed by atoms with van der Waals surface area (Å²) in [7, 11) is 1.61. The lowest BCUT2D eigenvalue weighted by Crippen LogP contribution is -2.50. The van der Waals surface area contributed by atoms with Gasteiger partial charge in [-0.3, -0.25) is 0 Å². The smallest absolute Gasteiger partial charge is 0.165 e. The number of hydrogen-bond donors (Lipinski definition) is 2. The van der Waals surface area contributed by atoms with E-state index in [2.05, 4.69) is 6.92 Å². The molecule has 0 amide bonds. The van der Waals surface area contributed by atoms with Gasteiger partial charge in [-0.2, -0.15) is 0 Å². The molecule has 4 rings (SSSR count). The first kappa shape index (κ1) is 22.0. The maximum atomic E-state index is 14.8. The zero-order valence-corrected chi connectivity index (χ0v) is 18.5. The van der Waals surface area contributed by atoms with E-state index in [0.29, 0.717) is 36.7 Å². The lowest BCUT2D eigenvalue weighted by molar-refractivity contribution is -0.108. The Morgan fingerprint density at radius 2 is 1.97 bits per heavy atom. The van der Waals surface area contributed by atoms with Crippen molar-refractivity contribution in [3.8, 4) is 5.75 Å². The summed E-state index contributed by atoms with van der Waals surface area (Å²) < 4.78 is 25.4. The van der Waals surface area contributed by atoms with Crippen LogP contribution < -0.4 is 4.74 Å². The van der Waals surface area contributed by atoms with Gasteiger partial charge in [-0.1, -0.05) is 6.92 Å². The van der Waals surface area contributed by atoms with Gasteiger partial charge in [0.05, 0.1) is 12.2 Å². The first-order chi connectivity index (χ1) is 14.4. The number of aliphatic hydroxyl groups excluding tert-OH is 1. The fourth-order valence-corrected chi connectivity index (χ4v) is 6.97. The molecule has 5 atom stereocenters. The molecule has 1 aromatic rings. The third kappa shape index (κ3) is 3.67. The molecular weight excluding hydrogens is 383 g/mol. The van der Waals surface area contributed by atoms with Gasteiger partial charge in [0.15, 0.2) is 11.6 Å². The summed E-state index contributed by atoms with van der Waals surface area (Å²) in [6.07, 6.45) is 8.39.